The molecule has 0 N–H and O–H groups in total. The number of ether oxygens (including phenoxy) is 2. The van der Waals surface area contributed by atoms with Crippen LogP contribution in [0.15, 0.2) is 76.6 Å². The molecule has 0 radical (unpaired) electrons. The van der Waals surface area contributed by atoms with Crippen LogP contribution in [0.5, 0.6) is 5.75 Å². The van der Waals surface area contributed by atoms with E-state index in [2.05, 4.69) is 14.8 Å². The summed E-state index contributed by atoms with van der Waals surface area (Å²) < 4.78 is 11.3. The van der Waals surface area contributed by atoms with Gasteiger partial charge in [-0.05, 0) is 25.1 Å². The summed E-state index contributed by atoms with van der Waals surface area (Å²) in [5, 5.41) is 16.4. The number of methoxy groups -OCH3 is 1. The number of rotatable bonds is 7. The van der Waals surface area contributed by atoms with E-state index >= 15 is 0 Å². The number of esters is 1. The monoisotopic (exact) mass is 506 g/mol. The maximum absolute atomic E-state index is 13.4. The standard InChI is InChI=1S/C25H19ClN4O6/c1-15(25(32)35-2)36-22-17(12-18(26)13-21(22)30(33)34)14-27-29-23(16-8-4-3-5-9-16)28-20-11-7-6-10-19(20)24(29)31/h3-15H,1-2H3/t15-/m0/s1. The summed E-state index contributed by atoms with van der Waals surface area (Å²) in [4.78, 5) is 40.9. The number of hydrogen-bond donors (Lipinski definition) is 0. The Morgan fingerprint density at radius 3 is 2.56 bits per heavy atom. The van der Waals surface area contributed by atoms with Crippen LogP contribution in [0.2, 0.25) is 5.02 Å². The van der Waals surface area contributed by atoms with Gasteiger partial charge in [0.05, 0.1) is 29.2 Å². The molecule has 0 aliphatic rings. The van der Waals surface area contributed by atoms with Crippen molar-refractivity contribution < 1.29 is 19.2 Å². The first kappa shape index (κ1) is 24.6. The van der Waals surface area contributed by atoms with Crippen molar-refractivity contribution in [3.63, 3.8) is 0 Å². The molecule has 36 heavy (non-hydrogen) atoms. The highest BCUT2D eigenvalue weighted by atomic mass is 35.5. The first-order valence-corrected chi connectivity index (χ1v) is 11.0. The number of benzene rings is 3. The Balaban J connectivity index is 1.92. The number of hydrogen-bond acceptors (Lipinski definition) is 8. The molecule has 0 unspecified atom stereocenters. The smallest absolute Gasteiger partial charge is 0.346 e. The Bertz CT molecular complexity index is 1550. The first-order valence-electron chi connectivity index (χ1n) is 10.6. The van der Waals surface area contributed by atoms with Crippen LogP contribution in [-0.2, 0) is 9.53 Å². The molecule has 3 aromatic carbocycles. The minimum atomic E-state index is -1.16. The van der Waals surface area contributed by atoms with Crippen LogP contribution >= 0.6 is 11.6 Å². The lowest BCUT2D eigenvalue weighted by Gasteiger charge is -2.15. The Hall–Kier alpha value is -4.57. The summed E-state index contributed by atoms with van der Waals surface area (Å²) in [6.07, 6.45) is 0.0367. The molecule has 11 heteroatoms. The molecule has 0 bridgehead atoms. The lowest BCUT2D eigenvalue weighted by atomic mass is 10.1. The molecule has 0 aliphatic carbocycles. The van der Waals surface area contributed by atoms with Crippen molar-refractivity contribution in [3.8, 4) is 17.1 Å². The van der Waals surface area contributed by atoms with Gasteiger partial charge in [0.25, 0.3) is 5.56 Å². The third-order valence-electron chi connectivity index (χ3n) is 5.19. The van der Waals surface area contributed by atoms with Gasteiger partial charge in [-0.1, -0.05) is 54.1 Å². The number of carbonyl (C=O) groups excluding carboxylic acids is 1. The Kier molecular flexibility index (Phi) is 7.07. The van der Waals surface area contributed by atoms with Crippen LogP contribution < -0.4 is 10.3 Å². The number of nitro groups is 1. The largest absolute Gasteiger partial charge is 0.471 e. The van der Waals surface area contributed by atoms with Gasteiger partial charge in [0.15, 0.2) is 11.9 Å². The fourth-order valence-corrected chi connectivity index (χ4v) is 3.70. The molecule has 0 saturated heterocycles. The average Bonchev–Trinajstić information content (AvgIpc) is 2.88. The number of para-hydroxylation sites is 1. The predicted molar refractivity (Wildman–Crippen MR) is 135 cm³/mol. The normalized spacial score (nSPS) is 12.0. The van der Waals surface area contributed by atoms with Crippen LogP contribution in [-0.4, -0.2) is 40.0 Å². The Morgan fingerprint density at radius 2 is 1.86 bits per heavy atom. The summed E-state index contributed by atoms with van der Waals surface area (Å²) in [5.74, 6) is -0.727. The average molecular weight is 507 g/mol. The van der Waals surface area contributed by atoms with E-state index in [0.717, 1.165) is 10.7 Å². The molecular weight excluding hydrogens is 488 g/mol. The Labute approximate surface area is 209 Å². The van der Waals surface area contributed by atoms with Gasteiger partial charge < -0.3 is 9.47 Å². The minimum absolute atomic E-state index is 0.0356. The van der Waals surface area contributed by atoms with Crippen molar-refractivity contribution in [2.75, 3.05) is 7.11 Å². The zero-order valence-corrected chi connectivity index (χ0v) is 19.9. The fraction of sp³-hybridized carbons (Fsp3) is 0.120. The maximum atomic E-state index is 13.4. The molecular formula is C25H19ClN4O6. The van der Waals surface area contributed by atoms with Crippen molar-refractivity contribution in [2.45, 2.75) is 13.0 Å². The highest BCUT2D eigenvalue weighted by Gasteiger charge is 2.25. The molecule has 1 aromatic heterocycles. The maximum Gasteiger partial charge on any atom is 0.346 e. The molecule has 1 heterocycles. The number of nitro benzene ring substituents is 1. The zero-order valence-electron chi connectivity index (χ0n) is 19.1. The van der Waals surface area contributed by atoms with E-state index in [0.29, 0.717) is 16.5 Å². The van der Waals surface area contributed by atoms with E-state index in [1.165, 1.54) is 26.3 Å². The number of carbonyl (C=O) groups is 1. The van der Waals surface area contributed by atoms with Crippen molar-refractivity contribution in [2.24, 2.45) is 5.10 Å². The summed E-state index contributed by atoms with van der Waals surface area (Å²) in [6.45, 7) is 1.39. The van der Waals surface area contributed by atoms with Gasteiger partial charge in [0.2, 0.25) is 5.75 Å². The molecule has 0 spiro atoms. The van der Waals surface area contributed by atoms with Crippen molar-refractivity contribution >= 4 is 40.4 Å². The van der Waals surface area contributed by atoms with Gasteiger partial charge >= 0.3 is 11.7 Å². The second-order valence-corrected chi connectivity index (χ2v) is 8.00. The van der Waals surface area contributed by atoms with Crippen LogP contribution in [0, 0.1) is 10.1 Å². The van der Waals surface area contributed by atoms with Crippen LogP contribution in [0.25, 0.3) is 22.3 Å². The van der Waals surface area contributed by atoms with Gasteiger partial charge in [0.1, 0.15) is 0 Å². The lowest BCUT2D eigenvalue weighted by molar-refractivity contribution is -0.386. The van der Waals surface area contributed by atoms with Crippen molar-refractivity contribution in [1.82, 2.24) is 9.66 Å². The van der Waals surface area contributed by atoms with E-state index in [1.54, 1.807) is 48.5 Å². The van der Waals surface area contributed by atoms with Gasteiger partial charge in [-0.25, -0.2) is 9.78 Å². The summed E-state index contributed by atoms with van der Waals surface area (Å²) in [5.41, 5.74) is 0.265. The fourth-order valence-electron chi connectivity index (χ4n) is 3.48. The molecule has 4 rings (SSSR count). The first-order chi connectivity index (χ1) is 17.3. The van der Waals surface area contributed by atoms with Gasteiger partial charge in [-0.2, -0.15) is 9.78 Å². The molecule has 4 aromatic rings. The Morgan fingerprint density at radius 1 is 1.17 bits per heavy atom. The lowest BCUT2D eigenvalue weighted by Crippen LogP contribution is -2.26. The van der Waals surface area contributed by atoms with Crippen molar-refractivity contribution in [3.05, 3.63) is 97.8 Å². The molecule has 182 valence electrons. The molecule has 0 fully saturated rings. The quantitative estimate of drug-likeness (QED) is 0.157. The number of halogens is 1. The van der Waals surface area contributed by atoms with Crippen LogP contribution in [0.3, 0.4) is 0 Å². The SMILES string of the molecule is COC(=O)[C@H](C)Oc1c(C=Nn2c(-c3ccccc3)nc3ccccc3c2=O)cc(Cl)cc1[N+](=O)[O-]. The highest BCUT2D eigenvalue weighted by Crippen LogP contribution is 2.34. The third-order valence-corrected chi connectivity index (χ3v) is 5.40. The summed E-state index contributed by atoms with van der Waals surface area (Å²) >= 11 is 6.12. The molecule has 0 amide bonds. The van der Waals surface area contributed by atoms with E-state index in [1.807, 2.05) is 6.07 Å². The van der Waals surface area contributed by atoms with E-state index in [9.17, 15) is 19.7 Å². The second-order valence-electron chi connectivity index (χ2n) is 7.56. The van der Waals surface area contributed by atoms with Crippen LogP contribution in [0.4, 0.5) is 5.69 Å². The second kappa shape index (κ2) is 10.4. The highest BCUT2D eigenvalue weighted by molar-refractivity contribution is 6.31. The van der Waals surface area contributed by atoms with Gasteiger partial charge in [0, 0.05) is 22.2 Å². The topological polar surface area (TPSA) is 126 Å². The van der Waals surface area contributed by atoms with Crippen LogP contribution in [0.1, 0.15) is 12.5 Å². The number of nitrogens with zero attached hydrogens (tertiary/aromatic N) is 4. The molecule has 0 saturated carbocycles. The molecule has 10 nitrogen and oxygen atoms in total. The van der Waals surface area contributed by atoms with Gasteiger partial charge in [-0.3, -0.25) is 14.9 Å². The predicted octanol–water partition coefficient (Wildman–Crippen LogP) is 4.45. The molecule has 0 aliphatic heterocycles. The zero-order chi connectivity index (χ0) is 25.8. The van der Waals surface area contributed by atoms with Gasteiger partial charge in [-0.15, -0.1) is 0 Å². The number of aromatic nitrogens is 2. The summed E-state index contributed by atoms with van der Waals surface area (Å²) in [7, 11) is 1.17. The van der Waals surface area contributed by atoms with E-state index < -0.39 is 28.2 Å². The molecule has 1 atom stereocenters. The van der Waals surface area contributed by atoms with Crippen molar-refractivity contribution in [1.29, 1.82) is 0 Å². The minimum Gasteiger partial charge on any atom is -0.471 e. The summed E-state index contributed by atoms with van der Waals surface area (Å²) in [6, 6.07) is 18.3. The number of fused-ring (bicyclic) bond motifs is 1. The van der Waals surface area contributed by atoms with E-state index in [4.69, 9.17) is 16.3 Å². The van der Waals surface area contributed by atoms with E-state index in [-0.39, 0.29) is 22.2 Å². The third kappa shape index (κ3) is 4.93.